The number of benzene rings is 1. The number of likely N-dealkylation sites (tertiary alicyclic amines) is 1. The van der Waals surface area contributed by atoms with Crippen LogP contribution in [0.1, 0.15) is 38.7 Å². The zero-order chi connectivity index (χ0) is 19.5. The van der Waals surface area contributed by atoms with Gasteiger partial charge < -0.3 is 20.9 Å². The molecule has 0 radical (unpaired) electrons. The molecule has 1 aliphatic rings. The van der Waals surface area contributed by atoms with E-state index in [0.717, 1.165) is 25.1 Å². The molecule has 27 heavy (non-hydrogen) atoms. The van der Waals surface area contributed by atoms with Crippen LogP contribution in [0.3, 0.4) is 0 Å². The number of nitrogens with zero attached hydrogens (tertiary/aromatic N) is 2. The lowest BCUT2D eigenvalue weighted by Crippen LogP contribution is -2.45. The van der Waals surface area contributed by atoms with Crippen LogP contribution in [0.15, 0.2) is 35.3 Å². The van der Waals surface area contributed by atoms with Gasteiger partial charge in [-0.15, -0.1) is 0 Å². The summed E-state index contributed by atoms with van der Waals surface area (Å²) in [5.41, 5.74) is 1.08. The Bertz CT molecular complexity index is 633. The standard InChI is InChI=1S/C20H31N5O2/c1-3-19(27)25-13-11-17(15-25)24-20(21-4-2)22-12-10-18(26)23-14-16-8-6-5-7-9-16/h5-9,17H,3-4,10-15H2,1-2H3,(H,23,26)(H2,21,22,24). The van der Waals surface area contributed by atoms with E-state index in [1.165, 1.54) is 0 Å². The van der Waals surface area contributed by atoms with Crippen molar-refractivity contribution in [3.63, 3.8) is 0 Å². The molecular weight excluding hydrogens is 342 g/mol. The smallest absolute Gasteiger partial charge is 0.222 e. The number of guanidine groups is 1. The highest BCUT2D eigenvalue weighted by Crippen LogP contribution is 2.10. The maximum Gasteiger partial charge on any atom is 0.222 e. The van der Waals surface area contributed by atoms with Gasteiger partial charge in [0.1, 0.15) is 0 Å². The van der Waals surface area contributed by atoms with Crippen LogP contribution in [0.4, 0.5) is 0 Å². The van der Waals surface area contributed by atoms with Crippen molar-refractivity contribution in [2.75, 3.05) is 26.2 Å². The number of hydrogen-bond donors (Lipinski definition) is 3. The molecule has 0 bridgehead atoms. The highest BCUT2D eigenvalue weighted by atomic mass is 16.2. The summed E-state index contributed by atoms with van der Waals surface area (Å²) in [6.07, 6.45) is 1.79. The summed E-state index contributed by atoms with van der Waals surface area (Å²) in [6, 6.07) is 10.0. The molecule has 1 fully saturated rings. The van der Waals surface area contributed by atoms with E-state index in [4.69, 9.17) is 0 Å². The van der Waals surface area contributed by atoms with Crippen LogP contribution >= 0.6 is 0 Å². The van der Waals surface area contributed by atoms with E-state index in [-0.39, 0.29) is 17.9 Å². The molecule has 7 nitrogen and oxygen atoms in total. The van der Waals surface area contributed by atoms with E-state index < -0.39 is 0 Å². The van der Waals surface area contributed by atoms with Crippen molar-refractivity contribution in [1.82, 2.24) is 20.9 Å². The molecule has 1 aromatic carbocycles. The fourth-order valence-corrected chi connectivity index (χ4v) is 3.00. The summed E-state index contributed by atoms with van der Waals surface area (Å²) in [4.78, 5) is 30.2. The second kappa shape index (κ2) is 11.2. The highest BCUT2D eigenvalue weighted by Gasteiger charge is 2.25. The van der Waals surface area contributed by atoms with Crippen molar-refractivity contribution in [3.8, 4) is 0 Å². The normalized spacial score (nSPS) is 16.9. The van der Waals surface area contributed by atoms with Crippen LogP contribution in [0, 0.1) is 0 Å². The monoisotopic (exact) mass is 373 g/mol. The van der Waals surface area contributed by atoms with E-state index in [1.54, 1.807) is 0 Å². The second-order valence-electron chi connectivity index (χ2n) is 6.60. The van der Waals surface area contributed by atoms with Gasteiger partial charge in [-0.1, -0.05) is 37.3 Å². The molecule has 1 aromatic rings. The molecule has 7 heteroatoms. The first-order chi connectivity index (χ1) is 13.1. The minimum absolute atomic E-state index is 0.0148. The number of rotatable bonds is 8. The molecule has 1 unspecified atom stereocenters. The van der Waals surface area contributed by atoms with Crippen molar-refractivity contribution in [1.29, 1.82) is 0 Å². The van der Waals surface area contributed by atoms with Crippen LogP contribution in [0.5, 0.6) is 0 Å². The van der Waals surface area contributed by atoms with E-state index in [1.807, 2.05) is 49.1 Å². The lowest BCUT2D eigenvalue weighted by atomic mass is 10.2. The van der Waals surface area contributed by atoms with E-state index >= 15 is 0 Å². The molecular formula is C20H31N5O2. The Labute approximate surface area is 161 Å². The molecule has 3 N–H and O–H groups in total. The van der Waals surface area contributed by atoms with Gasteiger partial charge in [-0.2, -0.15) is 0 Å². The summed E-state index contributed by atoms with van der Waals surface area (Å²) in [7, 11) is 0. The van der Waals surface area contributed by atoms with Gasteiger partial charge in [0.05, 0.1) is 6.54 Å². The van der Waals surface area contributed by atoms with Gasteiger partial charge in [-0.05, 0) is 18.9 Å². The average molecular weight is 374 g/mol. The largest absolute Gasteiger partial charge is 0.357 e. The Hall–Kier alpha value is -2.57. The third kappa shape index (κ3) is 7.29. The summed E-state index contributed by atoms with van der Waals surface area (Å²) >= 11 is 0. The van der Waals surface area contributed by atoms with E-state index in [0.29, 0.717) is 38.4 Å². The first-order valence-electron chi connectivity index (χ1n) is 9.75. The van der Waals surface area contributed by atoms with E-state index in [2.05, 4.69) is 20.9 Å². The van der Waals surface area contributed by atoms with Crippen molar-refractivity contribution in [2.24, 2.45) is 4.99 Å². The fourth-order valence-electron chi connectivity index (χ4n) is 3.00. The van der Waals surface area contributed by atoms with Crippen molar-refractivity contribution in [2.45, 2.75) is 45.7 Å². The molecule has 1 aliphatic heterocycles. The van der Waals surface area contributed by atoms with Gasteiger partial charge in [-0.25, -0.2) is 0 Å². The Balaban J connectivity index is 1.74. The molecule has 0 aliphatic carbocycles. The zero-order valence-electron chi connectivity index (χ0n) is 16.3. The first kappa shape index (κ1) is 20.7. The number of carbonyl (C=O) groups excluding carboxylic acids is 2. The predicted octanol–water partition coefficient (Wildman–Crippen LogP) is 1.26. The van der Waals surface area contributed by atoms with Crippen molar-refractivity contribution >= 4 is 17.8 Å². The summed E-state index contributed by atoms with van der Waals surface area (Å²) < 4.78 is 0. The van der Waals surface area contributed by atoms with Gasteiger partial charge in [-0.3, -0.25) is 14.6 Å². The quantitative estimate of drug-likeness (QED) is 0.473. The third-order valence-corrected chi connectivity index (χ3v) is 4.47. The summed E-state index contributed by atoms with van der Waals surface area (Å²) in [5.74, 6) is 0.875. The van der Waals surface area contributed by atoms with E-state index in [9.17, 15) is 9.59 Å². The maximum atomic E-state index is 12.0. The number of hydrogen-bond acceptors (Lipinski definition) is 3. The summed E-state index contributed by atoms with van der Waals surface area (Å²) in [6.45, 7) is 7.07. The second-order valence-corrected chi connectivity index (χ2v) is 6.60. The topological polar surface area (TPSA) is 85.8 Å². The fraction of sp³-hybridized carbons (Fsp3) is 0.550. The molecule has 1 atom stereocenters. The van der Waals surface area contributed by atoms with Crippen LogP contribution in [-0.4, -0.2) is 54.9 Å². The third-order valence-electron chi connectivity index (χ3n) is 4.47. The number of carbonyl (C=O) groups is 2. The molecule has 2 amide bonds. The summed E-state index contributed by atoms with van der Waals surface area (Å²) in [5, 5.41) is 9.48. The van der Waals surface area contributed by atoms with Crippen LogP contribution in [-0.2, 0) is 16.1 Å². The lowest BCUT2D eigenvalue weighted by Gasteiger charge is -2.18. The minimum Gasteiger partial charge on any atom is -0.357 e. The van der Waals surface area contributed by atoms with Crippen molar-refractivity contribution in [3.05, 3.63) is 35.9 Å². The first-order valence-corrected chi connectivity index (χ1v) is 9.75. The number of amides is 2. The van der Waals surface area contributed by atoms with Gasteiger partial charge >= 0.3 is 0 Å². The molecule has 2 rings (SSSR count). The number of nitrogens with one attached hydrogen (secondary N) is 3. The number of aliphatic imine (C=N–C) groups is 1. The van der Waals surface area contributed by atoms with Crippen molar-refractivity contribution < 1.29 is 9.59 Å². The molecule has 0 spiro atoms. The Kier molecular flexibility index (Phi) is 8.61. The van der Waals surface area contributed by atoms with Gasteiger partial charge in [0.2, 0.25) is 11.8 Å². The molecule has 1 saturated heterocycles. The van der Waals surface area contributed by atoms with Gasteiger partial charge in [0, 0.05) is 45.1 Å². The zero-order valence-corrected chi connectivity index (χ0v) is 16.3. The minimum atomic E-state index is -0.0148. The SMILES string of the molecule is CCNC(=NCCC(=O)NCc1ccccc1)NC1CCN(C(=O)CC)C1. The maximum absolute atomic E-state index is 12.0. The van der Waals surface area contributed by atoms with Gasteiger partial charge in [0.15, 0.2) is 5.96 Å². The molecule has 148 valence electrons. The predicted molar refractivity (Wildman–Crippen MR) is 107 cm³/mol. The lowest BCUT2D eigenvalue weighted by molar-refractivity contribution is -0.129. The Morgan fingerprint density at radius 2 is 1.96 bits per heavy atom. The highest BCUT2D eigenvalue weighted by molar-refractivity contribution is 5.81. The average Bonchev–Trinajstić information content (AvgIpc) is 3.15. The Morgan fingerprint density at radius 3 is 2.67 bits per heavy atom. The van der Waals surface area contributed by atoms with Gasteiger partial charge in [0.25, 0.3) is 0 Å². The Morgan fingerprint density at radius 1 is 1.19 bits per heavy atom. The van der Waals surface area contributed by atoms with Crippen LogP contribution in [0.25, 0.3) is 0 Å². The van der Waals surface area contributed by atoms with Crippen LogP contribution in [0.2, 0.25) is 0 Å². The molecule has 0 aromatic heterocycles. The molecule has 0 saturated carbocycles. The molecule has 1 heterocycles. The van der Waals surface area contributed by atoms with Crippen LogP contribution < -0.4 is 16.0 Å².